The molecule has 1 saturated heterocycles. The summed E-state index contributed by atoms with van der Waals surface area (Å²) < 4.78 is 31.7. The van der Waals surface area contributed by atoms with Crippen LogP contribution in [-0.2, 0) is 19.5 Å². The number of nitrogens with zero attached hydrogens (tertiary/aromatic N) is 1. The van der Waals surface area contributed by atoms with Gasteiger partial charge in [-0.15, -0.1) is 0 Å². The molecule has 20 heavy (non-hydrogen) atoms. The number of sulfonamides is 1. The second-order valence-corrected chi connectivity index (χ2v) is 7.22. The van der Waals surface area contributed by atoms with Crippen molar-refractivity contribution in [2.24, 2.45) is 5.92 Å². The molecule has 0 N–H and O–H groups in total. The van der Waals surface area contributed by atoms with Gasteiger partial charge in [-0.1, -0.05) is 31.5 Å². The van der Waals surface area contributed by atoms with E-state index in [0.29, 0.717) is 0 Å². The van der Waals surface area contributed by atoms with E-state index < -0.39 is 29.1 Å². The molecule has 0 saturated carbocycles. The summed E-state index contributed by atoms with van der Waals surface area (Å²) in [5.74, 6) is -0.629. The fraction of sp³-hybridized carbons (Fsp3) is 0.462. The minimum atomic E-state index is -3.74. The molecule has 0 bridgehead atoms. The van der Waals surface area contributed by atoms with Crippen LogP contribution in [0.1, 0.15) is 19.4 Å². The van der Waals surface area contributed by atoms with Gasteiger partial charge in [0.25, 0.3) is 0 Å². The Balaban J connectivity index is 2.46. The third kappa shape index (κ3) is 2.47. The number of benzene rings is 1. The fourth-order valence-corrected chi connectivity index (χ4v) is 4.15. The summed E-state index contributed by atoms with van der Waals surface area (Å²) >= 11 is 0. The fourth-order valence-electron chi connectivity index (χ4n) is 2.36. The molecule has 0 spiro atoms. The first kappa shape index (κ1) is 15.1. The van der Waals surface area contributed by atoms with Crippen molar-refractivity contribution in [1.82, 2.24) is 4.22 Å². The summed E-state index contributed by atoms with van der Waals surface area (Å²) in [4.78, 5) is 12.0. The van der Waals surface area contributed by atoms with E-state index >= 15 is 0 Å². The van der Waals surface area contributed by atoms with Crippen LogP contribution in [0.25, 0.3) is 0 Å². The molecule has 0 radical (unpaired) electrons. The first-order chi connectivity index (χ1) is 9.25. The first-order valence-corrected chi connectivity index (χ1v) is 8.00. The highest BCUT2D eigenvalue weighted by Gasteiger charge is 2.51. The summed E-state index contributed by atoms with van der Waals surface area (Å²) in [6, 6.07) is 5.81. The van der Waals surface area contributed by atoms with Crippen molar-refractivity contribution in [1.29, 1.82) is 0 Å². The molecule has 7 heteroatoms. The van der Waals surface area contributed by atoms with Gasteiger partial charge in [0.2, 0.25) is 10.0 Å². The van der Waals surface area contributed by atoms with E-state index in [2.05, 4.69) is 0 Å². The van der Waals surface area contributed by atoms with Crippen molar-refractivity contribution in [3.05, 3.63) is 29.8 Å². The van der Waals surface area contributed by atoms with Gasteiger partial charge in [-0.25, -0.2) is 8.42 Å². The van der Waals surface area contributed by atoms with Gasteiger partial charge in [0.05, 0.1) is 4.90 Å². The molecule has 1 heterocycles. The van der Waals surface area contributed by atoms with Crippen molar-refractivity contribution >= 4 is 23.0 Å². The Morgan fingerprint density at radius 3 is 2.30 bits per heavy atom. The summed E-state index contributed by atoms with van der Waals surface area (Å²) in [6.07, 6.45) is 0. The van der Waals surface area contributed by atoms with Gasteiger partial charge in [-0.2, -0.15) is 4.22 Å². The number of rotatable bonds is 3. The Morgan fingerprint density at radius 1 is 1.25 bits per heavy atom. The van der Waals surface area contributed by atoms with Gasteiger partial charge in [0, 0.05) is 0 Å². The SMILES string of the molecule is CB1OC(=O)[C@H](C(C)C)N1S(=O)(=O)c1ccc(C)cc1. The summed E-state index contributed by atoms with van der Waals surface area (Å²) in [5.41, 5.74) is 0.978. The van der Waals surface area contributed by atoms with Crippen molar-refractivity contribution in [2.75, 3.05) is 0 Å². The molecule has 1 fully saturated rings. The van der Waals surface area contributed by atoms with Crippen molar-refractivity contribution < 1.29 is 17.9 Å². The zero-order chi connectivity index (χ0) is 15.1. The molecule has 2 rings (SSSR count). The molecule has 1 aliphatic rings. The lowest BCUT2D eigenvalue weighted by Gasteiger charge is -2.24. The molecule has 1 atom stereocenters. The van der Waals surface area contributed by atoms with E-state index in [0.717, 1.165) is 5.56 Å². The standard InChI is InChI=1S/C13H18BNO4S/c1-9(2)12-13(16)19-14(4)15(12)20(17,18)11-7-5-10(3)6-8-11/h5-9,12H,1-4H3/t12-/m0/s1. The Bertz CT molecular complexity index is 612. The molecule has 1 aliphatic heterocycles. The first-order valence-electron chi connectivity index (χ1n) is 6.56. The summed E-state index contributed by atoms with van der Waals surface area (Å²) in [6.45, 7) is 7.08. The van der Waals surface area contributed by atoms with Crippen LogP contribution in [0.15, 0.2) is 29.2 Å². The maximum Gasteiger partial charge on any atom is 0.463 e. The molecule has 0 unspecified atom stereocenters. The normalized spacial score (nSPS) is 20.6. The Morgan fingerprint density at radius 2 is 1.80 bits per heavy atom. The molecule has 1 aromatic carbocycles. The summed E-state index contributed by atoms with van der Waals surface area (Å²) in [5, 5.41) is 0. The highest BCUT2D eigenvalue weighted by Crippen LogP contribution is 2.29. The van der Waals surface area contributed by atoms with Crippen LogP contribution in [0.2, 0.25) is 6.82 Å². The summed E-state index contributed by atoms with van der Waals surface area (Å²) in [7, 11) is -4.52. The lowest BCUT2D eigenvalue weighted by Crippen LogP contribution is -2.46. The maximum atomic E-state index is 12.7. The number of aryl methyl sites for hydroxylation is 1. The molecule has 5 nitrogen and oxygen atoms in total. The van der Waals surface area contributed by atoms with Crippen LogP contribution >= 0.6 is 0 Å². The number of carbonyl (C=O) groups is 1. The largest absolute Gasteiger partial charge is 0.518 e. The quantitative estimate of drug-likeness (QED) is 0.796. The van der Waals surface area contributed by atoms with Crippen LogP contribution in [0.3, 0.4) is 0 Å². The van der Waals surface area contributed by atoms with Gasteiger partial charge >= 0.3 is 13.0 Å². The Hall–Kier alpha value is -1.34. The van der Waals surface area contributed by atoms with Gasteiger partial charge in [-0.3, -0.25) is 4.79 Å². The van der Waals surface area contributed by atoms with Crippen LogP contribution in [0, 0.1) is 12.8 Å². The second-order valence-electron chi connectivity index (χ2n) is 5.37. The maximum absolute atomic E-state index is 12.7. The highest BCUT2D eigenvalue weighted by atomic mass is 32.2. The molecule has 0 aromatic heterocycles. The van der Waals surface area contributed by atoms with Gasteiger partial charge in [0.1, 0.15) is 6.04 Å². The molecule has 108 valence electrons. The van der Waals surface area contributed by atoms with E-state index in [9.17, 15) is 13.2 Å². The third-order valence-corrected chi connectivity index (χ3v) is 5.34. The number of carbonyl (C=O) groups excluding carboxylic acids is 1. The monoisotopic (exact) mass is 295 g/mol. The van der Waals surface area contributed by atoms with Gasteiger partial charge in [0.15, 0.2) is 0 Å². The minimum absolute atomic E-state index is 0.146. The second kappa shape index (κ2) is 5.22. The van der Waals surface area contributed by atoms with Gasteiger partial charge in [-0.05, 0) is 31.8 Å². The average molecular weight is 295 g/mol. The highest BCUT2D eigenvalue weighted by molar-refractivity contribution is 7.90. The average Bonchev–Trinajstić information content (AvgIpc) is 2.65. The topological polar surface area (TPSA) is 63.7 Å². The number of hydrogen-bond acceptors (Lipinski definition) is 4. The van der Waals surface area contributed by atoms with E-state index in [1.54, 1.807) is 31.1 Å². The van der Waals surface area contributed by atoms with E-state index in [-0.39, 0.29) is 10.8 Å². The van der Waals surface area contributed by atoms with E-state index in [1.165, 1.54) is 4.22 Å². The van der Waals surface area contributed by atoms with E-state index in [1.807, 2.05) is 20.8 Å². The van der Waals surface area contributed by atoms with Crippen molar-refractivity contribution in [2.45, 2.75) is 38.5 Å². The molecular weight excluding hydrogens is 277 g/mol. The number of hydrogen-bond donors (Lipinski definition) is 0. The molecule has 0 aliphatic carbocycles. The predicted octanol–water partition coefficient (Wildman–Crippen LogP) is 1.69. The van der Waals surface area contributed by atoms with Crippen molar-refractivity contribution in [3.8, 4) is 0 Å². The zero-order valence-corrected chi connectivity index (χ0v) is 12.8. The Kier molecular flexibility index (Phi) is 3.93. The zero-order valence-electron chi connectivity index (χ0n) is 12.0. The van der Waals surface area contributed by atoms with E-state index in [4.69, 9.17) is 4.65 Å². The smallest absolute Gasteiger partial charge is 0.463 e. The van der Waals surface area contributed by atoms with Crippen LogP contribution in [0.4, 0.5) is 0 Å². The van der Waals surface area contributed by atoms with Crippen LogP contribution < -0.4 is 0 Å². The van der Waals surface area contributed by atoms with Crippen LogP contribution in [-0.4, -0.2) is 31.7 Å². The minimum Gasteiger partial charge on any atom is -0.518 e. The third-order valence-electron chi connectivity index (χ3n) is 3.39. The molecular formula is C13H18BNO4S. The molecule has 0 amide bonds. The molecule has 1 aromatic rings. The lowest BCUT2D eigenvalue weighted by atomic mass is 9.88. The van der Waals surface area contributed by atoms with Crippen LogP contribution in [0.5, 0.6) is 0 Å². The van der Waals surface area contributed by atoms with Gasteiger partial charge < -0.3 is 4.65 Å². The Labute approximate surface area is 120 Å². The predicted molar refractivity (Wildman–Crippen MR) is 76.5 cm³/mol. The van der Waals surface area contributed by atoms with Crippen molar-refractivity contribution in [3.63, 3.8) is 0 Å². The lowest BCUT2D eigenvalue weighted by molar-refractivity contribution is -0.135.